The quantitative estimate of drug-likeness (QED) is 0.580. The van der Waals surface area contributed by atoms with Crippen LogP contribution in [-0.4, -0.2) is 28.5 Å². The molecule has 0 aliphatic rings. The summed E-state index contributed by atoms with van der Waals surface area (Å²) in [5, 5.41) is 3.85. The number of carbonyl (C=O) groups is 1. The molecule has 1 atom stereocenters. The van der Waals surface area contributed by atoms with E-state index in [0.29, 0.717) is 28.5 Å². The lowest BCUT2D eigenvalue weighted by Crippen LogP contribution is -2.28. The van der Waals surface area contributed by atoms with Crippen molar-refractivity contribution >= 4 is 45.1 Å². The van der Waals surface area contributed by atoms with Crippen LogP contribution in [0.2, 0.25) is 5.02 Å². The Morgan fingerprint density at radius 2 is 2.18 bits per heavy atom. The first-order chi connectivity index (χ1) is 13.5. The molecule has 8 heteroatoms. The zero-order valence-corrected chi connectivity index (χ0v) is 17.3. The lowest BCUT2D eigenvalue weighted by molar-refractivity contribution is -0.119. The van der Waals surface area contributed by atoms with Crippen molar-refractivity contribution in [3.8, 4) is 16.8 Å². The SMILES string of the molecule is CCOc1nc2ccc(Oc3ccc(/C=C/[C@H](C)NC(C)=O)cn3)c(Cl)c2s1. The van der Waals surface area contributed by atoms with E-state index < -0.39 is 0 Å². The Bertz CT molecular complexity index is 1000. The van der Waals surface area contributed by atoms with Gasteiger partial charge in [-0.15, -0.1) is 0 Å². The first kappa shape index (κ1) is 20.1. The predicted molar refractivity (Wildman–Crippen MR) is 112 cm³/mol. The molecule has 1 N–H and O–H groups in total. The highest BCUT2D eigenvalue weighted by Gasteiger charge is 2.13. The number of amides is 1. The number of aromatic nitrogens is 2. The molecule has 3 aromatic rings. The molecule has 0 radical (unpaired) electrons. The second-order valence-electron chi connectivity index (χ2n) is 6.02. The van der Waals surface area contributed by atoms with Crippen molar-refractivity contribution in [1.29, 1.82) is 0 Å². The van der Waals surface area contributed by atoms with Gasteiger partial charge >= 0.3 is 0 Å². The van der Waals surface area contributed by atoms with Crippen LogP contribution in [0.15, 0.2) is 36.5 Å². The molecule has 1 amide bonds. The number of thiazole rings is 1. The number of nitrogens with zero attached hydrogens (tertiary/aromatic N) is 2. The van der Waals surface area contributed by atoms with Crippen LogP contribution < -0.4 is 14.8 Å². The van der Waals surface area contributed by atoms with Gasteiger partial charge in [0.05, 0.1) is 16.8 Å². The zero-order chi connectivity index (χ0) is 20.1. The van der Waals surface area contributed by atoms with E-state index in [4.69, 9.17) is 21.1 Å². The first-order valence-electron chi connectivity index (χ1n) is 8.77. The number of carbonyl (C=O) groups excluding carboxylic acids is 1. The van der Waals surface area contributed by atoms with E-state index in [1.807, 2.05) is 38.1 Å². The maximum Gasteiger partial charge on any atom is 0.274 e. The van der Waals surface area contributed by atoms with Crippen molar-refractivity contribution in [2.45, 2.75) is 26.8 Å². The van der Waals surface area contributed by atoms with E-state index in [0.717, 1.165) is 15.8 Å². The number of nitrogens with one attached hydrogen (secondary N) is 1. The minimum Gasteiger partial charge on any atom is -0.470 e. The number of hydrogen-bond acceptors (Lipinski definition) is 6. The van der Waals surface area contributed by atoms with Crippen molar-refractivity contribution < 1.29 is 14.3 Å². The molecule has 0 aliphatic heterocycles. The summed E-state index contributed by atoms with van der Waals surface area (Å²) < 4.78 is 12.1. The third-order valence-electron chi connectivity index (χ3n) is 3.69. The number of ether oxygens (including phenoxy) is 2. The number of fused-ring (bicyclic) bond motifs is 1. The lowest BCUT2D eigenvalue weighted by atomic mass is 10.2. The van der Waals surface area contributed by atoms with E-state index in [9.17, 15) is 4.79 Å². The van der Waals surface area contributed by atoms with Crippen molar-refractivity contribution in [2.75, 3.05) is 6.61 Å². The van der Waals surface area contributed by atoms with Crippen molar-refractivity contribution in [3.63, 3.8) is 0 Å². The van der Waals surface area contributed by atoms with Gasteiger partial charge in [-0.2, -0.15) is 0 Å². The minimum atomic E-state index is -0.0674. The summed E-state index contributed by atoms with van der Waals surface area (Å²) in [6.45, 7) is 5.85. The van der Waals surface area contributed by atoms with Gasteiger partial charge in [0.1, 0.15) is 10.8 Å². The largest absolute Gasteiger partial charge is 0.470 e. The summed E-state index contributed by atoms with van der Waals surface area (Å²) in [4.78, 5) is 19.7. The number of benzene rings is 1. The first-order valence-corrected chi connectivity index (χ1v) is 9.96. The third-order valence-corrected chi connectivity index (χ3v) is 5.18. The van der Waals surface area contributed by atoms with Crippen molar-refractivity contribution in [1.82, 2.24) is 15.3 Å². The highest BCUT2D eigenvalue weighted by Crippen LogP contribution is 2.40. The molecule has 28 heavy (non-hydrogen) atoms. The molecule has 146 valence electrons. The van der Waals surface area contributed by atoms with Crippen LogP contribution in [0.3, 0.4) is 0 Å². The fraction of sp³-hybridized carbons (Fsp3) is 0.250. The van der Waals surface area contributed by atoms with Crippen molar-refractivity contribution in [2.24, 2.45) is 0 Å². The van der Waals surface area contributed by atoms with Gasteiger partial charge in [0.15, 0.2) is 0 Å². The normalized spacial score (nSPS) is 12.3. The molecule has 0 unspecified atom stereocenters. The molecular formula is C20H20ClN3O3S. The van der Waals surface area contributed by atoms with Gasteiger partial charge in [-0.1, -0.05) is 35.1 Å². The minimum absolute atomic E-state index is 0.0556. The molecule has 0 saturated carbocycles. The Kier molecular flexibility index (Phi) is 6.49. The van der Waals surface area contributed by atoms with Gasteiger partial charge in [0, 0.05) is 25.2 Å². The second kappa shape index (κ2) is 9.03. The Morgan fingerprint density at radius 1 is 1.36 bits per heavy atom. The molecule has 0 spiro atoms. The summed E-state index contributed by atoms with van der Waals surface area (Å²) in [7, 11) is 0. The summed E-state index contributed by atoms with van der Waals surface area (Å²) >= 11 is 7.86. The lowest BCUT2D eigenvalue weighted by Gasteiger charge is -2.08. The molecular weight excluding hydrogens is 398 g/mol. The maximum atomic E-state index is 11.0. The predicted octanol–water partition coefficient (Wildman–Crippen LogP) is 5.07. The fourth-order valence-corrected chi connectivity index (χ4v) is 3.69. The molecule has 6 nitrogen and oxygen atoms in total. The highest BCUT2D eigenvalue weighted by atomic mass is 35.5. The summed E-state index contributed by atoms with van der Waals surface area (Å²) in [6.07, 6.45) is 5.48. The van der Waals surface area contributed by atoms with E-state index in [-0.39, 0.29) is 11.9 Å². The van der Waals surface area contributed by atoms with Crippen LogP contribution in [0.4, 0.5) is 0 Å². The average molecular weight is 418 g/mol. The molecule has 1 aromatic carbocycles. The zero-order valence-electron chi connectivity index (χ0n) is 15.7. The Labute approximate surface area is 172 Å². The summed E-state index contributed by atoms with van der Waals surface area (Å²) in [5.74, 6) is 0.876. The van der Waals surface area contributed by atoms with Crippen LogP contribution in [-0.2, 0) is 4.79 Å². The molecule has 2 heterocycles. The van der Waals surface area contributed by atoms with Gasteiger partial charge < -0.3 is 14.8 Å². The van der Waals surface area contributed by atoms with Crippen molar-refractivity contribution in [3.05, 3.63) is 47.1 Å². The van der Waals surface area contributed by atoms with Gasteiger partial charge in [-0.25, -0.2) is 9.97 Å². The summed E-state index contributed by atoms with van der Waals surface area (Å²) in [6, 6.07) is 7.20. The van der Waals surface area contributed by atoms with Gasteiger partial charge in [-0.05, 0) is 37.6 Å². The summed E-state index contributed by atoms with van der Waals surface area (Å²) in [5.41, 5.74) is 1.67. The van der Waals surface area contributed by atoms with Gasteiger partial charge in [-0.3, -0.25) is 4.79 Å². The topological polar surface area (TPSA) is 73.3 Å². The number of rotatable bonds is 7. The molecule has 0 fully saturated rings. The highest BCUT2D eigenvalue weighted by molar-refractivity contribution is 7.20. The number of halogens is 1. The molecule has 2 aromatic heterocycles. The fourth-order valence-electron chi connectivity index (χ4n) is 2.47. The van der Waals surface area contributed by atoms with E-state index in [1.165, 1.54) is 18.3 Å². The Hall–Kier alpha value is -2.64. The van der Waals surface area contributed by atoms with E-state index in [2.05, 4.69) is 15.3 Å². The van der Waals surface area contributed by atoms with Crippen LogP contribution in [0.1, 0.15) is 26.3 Å². The van der Waals surface area contributed by atoms with Crippen LogP contribution >= 0.6 is 22.9 Å². The second-order valence-corrected chi connectivity index (χ2v) is 7.36. The Balaban J connectivity index is 1.72. The van der Waals surface area contributed by atoms with Crippen LogP contribution in [0, 0.1) is 0 Å². The standard InChI is InChI=1S/C20H20ClN3O3S/c1-4-26-20-24-15-8-9-16(18(21)19(15)28-20)27-17-10-7-14(11-22-17)6-5-12(2)23-13(3)25/h5-12H,4H2,1-3H3,(H,23,25)/b6-5+/t12-/m0/s1. The number of pyridine rings is 1. The average Bonchev–Trinajstić information content (AvgIpc) is 3.07. The Morgan fingerprint density at radius 3 is 2.86 bits per heavy atom. The smallest absolute Gasteiger partial charge is 0.274 e. The molecule has 3 rings (SSSR count). The van der Waals surface area contributed by atoms with Crippen LogP contribution in [0.25, 0.3) is 16.3 Å². The van der Waals surface area contributed by atoms with E-state index >= 15 is 0 Å². The molecule has 0 aliphatic carbocycles. The van der Waals surface area contributed by atoms with Crippen LogP contribution in [0.5, 0.6) is 16.8 Å². The van der Waals surface area contributed by atoms with E-state index in [1.54, 1.807) is 18.3 Å². The number of hydrogen-bond donors (Lipinski definition) is 1. The maximum absolute atomic E-state index is 11.0. The van der Waals surface area contributed by atoms with Gasteiger partial charge in [0.25, 0.3) is 5.19 Å². The molecule has 0 saturated heterocycles. The van der Waals surface area contributed by atoms with Gasteiger partial charge in [0.2, 0.25) is 11.8 Å². The third kappa shape index (κ3) is 4.99. The monoisotopic (exact) mass is 417 g/mol. The molecule has 0 bridgehead atoms.